The molecule has 1 saturated carbocycles. The van der Waals surface area contributed by atoms with Crippen molar-refractivity contribution in [1.82, 2.24) is 15.5 Å². The number of benzene rings is 2. The van der Waals surface area contributed by atoms with Crippen molar-refractivity contribution in [2.75, 3.05) is 32.8 Å². The van der Waals surface area contributed by atoms with E-state index < -0.39 is 35.6 Å². The molecule has 0 spiro atoms. The zero-order valence-corrected chi connectivity index (χ0v) is 22.4. The molecule has 40 heavy (non-hydrogen) atoms. The van der Waals surface area contributed by atoms with E-state index in [1.54, 1.807) is 12.1 Å². The van der Waals surface area contributed by atoms with Gasteiger partial charge in [-0.05, 0) is 80.4 Å². The first-order valence-corrected chi connectivity index (χ1v) is 14.0. The number of carbonyl (C=O) groups excluding carboxylic acids is 2. The number of nitrogens with zero attached hydrogens (tertiary/aromatic N) is 1. The minimum absolute atomic E-state index is 0.111. The second-order valence-electron chi connectivity index (χ2n) is 11.4. The Balaban J connectivity index is 1.12. The first kappa shape index (κ1) is 28.6. The number of imide groups is 1. The Morgan fingerprint density at radius 1 is 1.07 bits per heavy atom. The number of hydrogen-bond donors (Lipinski definition) is 3. The molecule has 3 N–H and O–H groups in total. The number of nitrogens with one attached hydrogen (secondary N) is 2. The van der Waals surface area contributed by atoms with Crippen molar-refractivity contribution in [2.45, 2.75) is 56.8 Å². The number of rotatable bonds is 8. The van der Waals surface area contributed by atoms with Crippen molar-refractivity contribution < 1.29 is 32.6 Å². The van der Waals surface area contributed by atoms with Gasteiger partial charge >= 0.3 is 6.18 Å². The van der Waals surface area contributed by atoms with Gasteiger partial charge in [-0.3, -0.25) is 14.9 Å². The van der Waals surface area contributed by atoms with Crippen LogP contribution in [0.1, 0.15) is 48.9 Å². The summed E-state index contributed by atoms with van der Waals surface area (Å²) in [6.45, 7) is 2.24. The quantitative estimate of drug-likeness (QED) is 0.421. The minimum Gasteiger partial charge on any atom is -0.493 e. The van der Waals surface area contributed by atoms with E-state index in [1.165, 1.54) is 0 Å². The van der Waals surface area contributed by atoms with E-state index in [2.05, 4.69) is 10.6 Å². The number of β-amino-alcohol motifs (C(OH)–C–C–N with tert-alkyl or cyclic N) is 1. The molecule has 3 aliphatic rings. The third-order valence-electron chi connectivity index (χ3n) is 8.63. The average Bonchev–Trinajstić information content (AvgIpc) is 3.36. The normalized spacial score (nSPS) is 23.4. The van der Waals surface area contributed by atoms with E-state index in [4.69, 9.17) is 4.74 Å². The van der Waals surface area contributed by atoms with Gasteiger partial charge in [-0.1, -0.05) is 36.8 Å². The van der Waals surface area contributed by atoms with E-state index in [-0.39, 0.29) is 31.7 Å². The molecule has 0 unspecified atom stereocenters. The lowest BCUT2D eigenvalue weighted by Gasteiger charge is -2.47. The molecule has 2 atom stereocenters. The van der Waals surface area contributed by atoms with Crippen LogP contribution in [-0.2, 0) is 4.79 Å². The van der Waals surface area contributed by atoms with Gasteiger partial charge in [0.1, 0.15) is 5.75 Å². The summed E-state index contributed by atoms with van der Waals surface area (Å²) in [5.74, 6) is -0.000943. The predicted molar refractivity (Wildman–Crippen MR) is 144 cm³/mol. The van der Waals surface area contributed by atoms with Gasteiger partial charge < -0.3 is 20.1 Å². The van der Waals surface area contributed by atoms with Gasteiger partial charge in [-0.15, -0.1) is 0 Å². The summed E-state index contributed by atoms with van der Waals surface area (Å²) in [5.41, 5.74) is 0.324. The van der Waals surface area contributed by atoms with Gasteiger partial charge in [0.15, 0.2) is 0 Å². The number of hydrogen-bond acceptors (Lipinski definition) is 6. The lowest BCUT2D eigenvalue weighted by molar-refractivity contribution is -0.256. The van der Waals surface area contributed by atoms with Crippen molar-refractivity contribution in [3.8, 4) is 16.9 Å². The molecule has 2 aliphatic heterocycles. The van der Waals surface area contributed by atoms with Gasteiger partial charge in [-0.2, -0.15) is 13.2 Å². The number of halogens is 3. The van der Waals surface area contributed by atoms with Crippen molar-refractivity contribution in [3.05, 3.63) is 54.1 Å². The molecule has 3 fully saturated rings. The summed E-state index contributed by atoms with van der Waals surface area (Å²) in [5, 5.41) is 15.0. The molecule has 2 amide bonds. The summed E-state index contributed by atoms with van der Waals surface area (Å²) in [4.78, 5) is 27.3. The van der Waals surface area contributed by atoms with Crippen LogP contribution < -0.4 is 15.4 Å². The Morgan fingerprint density at radius 2 is 1.77 bits per heavy atom. The SMILES string of the molecule is O=C(NC(=O)[C@@H]1C[C@@H](O)CN1)c1ccccc1-c1ccc(OCC2CCN(CC3(C(F)(F)F)CCC3)CC2)cc1. The first-order valence-electron chi connectivity index (χ1n) is 14.0. The van der Waals surface area contributed by atoms with Crippen LogP contribution in [0.15, 0.2) is 48.5 Å². The first-order chi connectivity index (χ1) is 19.1. The van der Waals surface area contributed by atoms with Crippen molar-refractivity contribution in [1.29, 1.82) is 0 Å². The molecule has 2 saturated heterocycles. The lowest BCUT2D eigenvalue weighted by atomic mass is 9.67. The van der Waals surface area contributed by atoms with Crippen LogP contribution >= 0.6 is 0 Å². The molecule has 0 radical (unpaired) electrons. The lowest BCUT2D eigenvalue weighted by Crippen LogP contribution is -2.53. The van der Waals surface area contributed by atoms with Crippen LogP contribution in [0.25, 0.3) is 11.1 Å². The summed E-state index contributed by atoms with van der Waals surface area (Å²) in [6.07, 6.45) is -1.71. The molecule has 0 aromatic heterocycles. The monoisotopic (exact) mass is 559 g/mol. The largest absolute Gasteiger partial charge is 0.493 e. The third-order valence-corrected chi connectivity index (χ3v) is 8.63. The van der Waals surface area contributed by atoms with Crippen molar-refractivity contribution >= 4 is 11.8 Å². The standard InChI is InChI=1S/C30H36F3N3O4/c31-30(32,33)29(12-3-13-29)19-36-14-10-20(11-15-36)18-40-23-8-6-21(7-9-23)24-4-1-2-5-25(24)27(38)35-28(39)26-16-22(37)17-34-26/h1-2,4-9,20,22,26,34,37H,3,10-19H2,(H,35,38,39)/t22-,26+/m1/s1. The second kappa shape index (κ2) is 11.9. The number of carbonyl (C=O) groups is 2. The number of aliphatic hydroxyl groups excluding tert-OH is 1. The highest BCUT2D eigenvalue weighted by molar-refractivity contribution is 6.09. The minimum atomic E-state index is -4.13. The molecule has 2 heterocycles. The highest BCUT2D eigenvalue weighted by atomic mass is 19.4. The molecule has 216 valence electrons. The molecule has 7 nitrogen and oxygen atoms in total. The topological polar surface area (TPSA) is 90.9 Å². The second-order valence-corrected chi connectivity index (χ2v) is 11.4. The van der Waals surface area contributed by atoms with Crippen LogP contribution in [0, 0.1) is 11.3 Å². The number of alkyl halides is 3. The zero-order valence-electron chi connectivity index (χ0n) is 22.4. The predicted octanol–water partition coefficient (Wildman–Crippen LogP) is 4.16. The smallest absolute Gasteiger partial charge is 0.395 e. The Morgan fingerprint density at radius 3 is 2.38 bits per heavy atom. The average molecular weight is 560 g/mol. The molecule has 0 bridgehead atoms. The van der Waals surface area contributed by atoms with E-state index >= 15 is 0 Å². The van der Waals surface area contributed by atoms with Crippen LogP contribution in [0.4, 0.5) is 13.2 Å². The maximum absolute atomic E-state index is 13.5. The van der Waals surface area contributed by atoms with Gasteiger partial charge in [0.05, 0.1) is 24.2 Å². The van der Waals surface area contributed by atoms with E-state index in [1.807, 2.05) is 41.3 Å². The Kier molecular flexibility index (Phi) is 8.49. The highest BCUT2D eigenvalue weighted by Crippen LogP contribution is 2.53. The van der Waals surface area contributed by atoms with Gasteiger partial charge in [0.25, 0.3) is 5.91 Å². The third kappa shape index (κ3) is 6.34. The Labute approximate surface area is 232 Å². The van der Waals surface area contributed by atoms with Crippen LogP contribution in [-0.4, -0.2) is 72.9 Å². The van der Waals surface area contributed by atoms with Gasteiger partial charge in [0.2, 0.25) is 5.91 Å². The number of piperidine rings is 1. The number of aliphatic hydroxyl groups is 1. The zero-order chi connectivity index (χ0) is 28.3. The fraction of sp³-hybridized carbons (Fsp3) is 0.533. The molecule has 2 aromatic rings. The van der Waals surface area contributed by atoms with E-state index in [0.29, 0.717) is 49.5 Å². The summed E-state index contributed by atoms with van der Waals surface area (Å²) in [7, 11) is 0. The summed E-state index contributed by atoms with van der Waals surface area (Å²) in [6, 6.07) is 13.8. The number of ether oxygens (including phenoxy) is 1. The molecular weight excluding hydrogens is 523 g/mol. The van der Waals surface area contributed by atoms with Gasteiger partial charge in [-0.25, -0.2) is 0 Å². The number of amides is 2. The molecular formula is C30H36F3N3O4. The Hall–Kier alpha value is -2.95. The maximum Gasteiger partial charge on any atom is 0.395 e. The Bertz CT molecular complexity index is 1190. The molecule has 5 rings (SSSR count). The number of likely N-dealkylation sites (tertiary alicyclic amines) is 1. The van der Waals surface area contributed by atoms with Crippen LogP contribution in [0.3, 0.4) is 0 Å². The van der Waals surface area contributed by atoms with Crippen LogP contribution in [0.2, 0.25) is 0 Å². The summed E-state index contributed by atoms with van der Waals surface area (Å²) < 4.78 is 46.6. The molecule has 10 heteroatoms. The fourth-order valence-electron chi connectivity index (χ4n) is 5.93. The highest BCUT2D eigenvalue weighted by Gasteiger charge is 2.58. The van der Waals surface area contributed by atoms with Crippen molar-refractivity contribution in [2.24, 2.45) is 11.3 Å². The summed E-state index contributed by atoms with van der Waals surface area (Å²) >= 11 is 0. The van der Waals surface area contributed by atoms with E-state index in [0.717, 1.165) is 18.4 Å². The maximum atomic E-state index is 13.5. The van der Waals surface area contributed by atoms with Crippen molar-refractivity contribution in [3.63, 3.8) is 0 Å². The fourth-order valence-corrected chi connectivity index (χ4v) is 5.93. The molecule has 1 aliphatic carbocycles. The van der Waals surface area contributed by atoms with E-state index in [9.17, 15) is 27.9 Å². The van der Waals surface area contributed by atoms with Crippen LogP contribution in [0.5, 0.6) is 5.75 Å². The van der Waals surface area contributed by atoms with Gasteiger partial charge in [0, 0.05) is 18.7 Å². The molecule has 2 aromatic carbocycles.